The number of alkyl halides is 2. The van der Waals surface area contributed by atoms with Gasteiger partial charge in [0, 0.05) is 16.7 Å². The van der Waals surface area contributed by atoms with Crippen molar-refractivity contribution in [2.75, 3.05) is 6.61 Å². The van der Waals surface area contributed by atoms with Gasteiger partial charge in [-0.05, 0) is 75.4 Å². The molecule has 0 spiro atoms. The highest BCUT2D eigenvalue weighted by atomic mass is 32.2. The highest BCUT2D eigenvalue weighted by molar-refractivity contribution is 8.14. The van der Waals surface area contributed by atoms with Gasteiger partial charge in [0.05, 0.1) is 12.2 Å². The molecular formula is C26H30F2O8S. The van der Waals surface area contributed by atoms with E-state index in [1.807, 2.05) is 0 Å². The summed E-state index contributed by atoms with van der Waals surface area (Å²) in [4.78, 5) is 37.5. The Balaban J connectivity index is 1.43. The fraction of sp³-hybridized carbons (Fsp3) is 0.731. The molecule has 2 saturated heterocycles. The molecule has 3 saturated carbocycles. The number of carbonyl (C=O) groups excluding carboxylic acids is 3. The molecule has 6 rings (SSSR count). The maximum atomic E-state index is 17.4. The van der Waals surface area contributed by atoms with Crippen LogP contribution in [0.5, 0.6) is 0 Å². The van der Waals surface area contributed by atoms with E-state index in [9.17, 15) is 19.5 Å². The van der Waals surface area contributed by atoms with Gasteiger partial charge in [-0.2, -0.15) is 0 Å². The van der Waals surface area contributed by atoms with Crippen molar-refractivity contribution in [2.24, 2.45) is 22.7 Å². The summed E-state index contributed by atoms with van der Waals surface area (Å²) in [6, 6.07) is 0. The lowest BCUT2D eigenvalue weighted by Crippen LogP contribution is -2.70. The molecule has 6 aliphatic rings. The first-order chi connectivity index (χ1) is 17.2. The van der Waals surface area contributed by atoms with E-state index < -0.39 is 80.6 Å². The average Bonchev–Trinajstić information content (AvgIpc) is 3.41. The van der Waals surface area contributed by atoms with Crippen LogP contribution in [0.15, 0.2) is 23.8 Å². The molecule has 0 radical (unpaired) electrons. The molecule has 4 aliphatic carbocycles. The second kappa shape index (κ2) is 7.64. The summed E-state index contributed by atoms with van der Waals surface area (Å²) in [6.45, 7) is 6.56. The van der Waals surface area contributed by atoms with Crippen LogP contribution in [-0.2, 0) is 28.5 Å². The molecule has 0 bridgehead atoms. The molecule has 0 aromatic rings. The number of fused-ring (bicyclic) bond motifs is 7. The van der Waals surface area contributed by atoms with Crippen molar-refractivity contribution in [3.05, 3.63) is 23.8 Å². The zero-order valence-electron chi connectivity index (χ0n) is 21.0. The molecule has 1 N–H and O–H groups in total. The van der Waals surface area contributed by atoms with E-state index >= 15 is 8.78 Å². The van der Waals surface area contributed by atoms with Gasteiger partial charge in [-0.25, -0.2) is 13.6 Å². The minimum absolute atomic E-state index is 0.0395. The van der Waals surface area contributed by atoms with E-state index in [2.05, 4.69) is 0 Å². The number of aliphatic hydroxyl groups excluding tert-OH is 1. The minimum Gasteiger partial charge on any atom is -0.429 e. The SMILES string of the molecule is CC1(C)O[C@@H]2C[C@H]3[C@@H]4C[C@H](F)C5=CC(=O)C=C[C@]5(C)[C@@]4(F)[C@@H](O)C[C@]3(C)[C@]2(C(=O)SC2COC(=O)O2)O1. The summed E-state index contributed by atoms with van der Waals surface area (Å²) < 4.78 is 55.5. The normalized spacial score (nSPS) is 51.4. The van der Waals surface area contributed by atoms with Gasteiger partial charge in [-0.1, -0.05) is 13.0 Å². The number of rotatable bonds is 2. The number of ether oxygens (including phenoxy) is 4. The van der Waals surface area contributed by atoms with Crippen LogP contribution in [-0.4, -0.2) is 69.6 Å². The molecule has 8 nitrogen and oxygen atoms in total. The average molecular weight is 541 g/mol. The first-order valence-corrected chi connectivity index (χ1v) is 13.4. The third kappa shape index (κ3) is 3.08. The number of ketones is 1. The number of halogens is 2. The van der Waals surface area contributed by atoms with Crippen molar-refractivity contribution >= 4 is 28.8 Å². The fourth-order valence-corrected chi connectivity index (χ4v) is 9.31. The van der Waals surface area contributed by atoms with E-state index in [1.54, 1.807) is 20.8 Å². The summed E-state index contributed by atoms with van der Waals surface area (Å²) >= 11 is 0.759. The van der Waals surface area contributed by atoms with Gasteiger partial charge in [0.25, 0.3) is 0 Å². The predicted octanol–water partition coefficient (Wildman–Crippen LogP) is 3.56. The van der Waals surface area contributed by atoms with Gasteiger partial charge in [0.1, 0.15) is 12.8 Å². The van der Waals surface area contributed by atoms with Crippen molar-refractivity contribution in [3.8, 4) is 0 Å². The molecule has 5 fully saturated rings. The van der Waals surface area contributed by atoms with Crippen molar-refractivity contribution < 1.29 is 47.2 Å². The number of allylic oxidation sites excluding steroid dienone is 4. The summed E-state index contributed by atoms with van der Waals surface area (Å²) in [5, 5.41) is 11.1. The Kier molecular flexibility index (Phi) is 5.26. The second-order valence-electron chi connectivity index (χ2n) is 12.0. The molecule has 2 heterocycles. The van der Waals surface area contributed by atoms with Crippen LogP contribution in [0.4, 0.5) is 13.6 Å². The zero-order chi connectivity index (χ0) is 26.8. The topological polar surface area (TPSA) is 108 Å². The monoisotopic (exact) mass is 540 g/mol. The third-order valence-corrected chi connectivity index (χ3v) is 10.7. The molecule has 11 heteroatoms. The number of thioether (sulfide) groups is 1. The number of hydrogen-bond acceptors (Lipinski definition) is 9. The second-order valence-corrected chi connectivity index (χ2v) is 13.1. The van der Waals surface area contributed by atoms with Crippen molar-refractivity contribution in [1.82, 2.24) is 0 Å². The quantitative estimate of drug-likeness (QED) is 0.526. The van der Waals surface area contributed by atoms with Crippen LogP contribution in [0.25, 0.3) is 0 Å². The molecule has 0 aromatic heterocycles. The Hall–Kier alpha value is -1.82. The van der Waals surface area contributed by atoms with Crippen molar-refractivity contribution in [2.45, 2.75) is 87.8 Å². The number of hydrogen-bond donors (Lipinski definition) is 1. The van der Waals surface area contributed by atoms with Crippen LogP contribution in [0, 0.1) is 22.7 Å². The Morgan fingerprint density at radius 3 is 2.57 bits per heavy atom. The lowest BCUT2D eigenvalue weighted by molar-refractivity contribution is -0.246. The van der Waals surface area contributed by atoms with Crippen molar-refractivity contribution in [3.63, 3.8) is 0 Å². The highest BCUT2D eigenvalue weighted by Gasteiger charge is 2.81. The van der Waals surface area contributed by atoms with Crippen LogP contribution in [0.3, 0.4) is 0 Å². The first-order valence-electron chi connectivity index (χ1n) is 12.6. The lowest BCUT2D eigenvalue weighted by Gasteiger charge is -2.63. The number of cyclic esters (lactones) is 2. The van der Waals surface area contributed by atoms with E-state index in [-0.39, 0.29) is 31.4 Å². The summed E-state index contributed by atoms with van der Waals surface area (Å²) in [5.74, 6) is -3.10. The van der Waals surface area contributed by atoms with Crippen LogP contribution < -0.4 is 0 Å². The van der Waals surface area contributed by atoms with E-state index in [1.165, 1.54) is 19.1 Å². The van der Waals surface area contributed by atoms with Gasteiger partial charge < -0.3 is 24.1 Å². The number of aliphatic hydroxyl groups is 1. The largest absolute Gasteiger partial charge is 0.509 e. The molecule has 37 heavy (non-hydrogen) atoms. The lowest BCUT2D eigenvalue weighted by atomic mass is 9.44. The Morgan fingerprint density at radius 2 is 1.89 bits per heavy atom. The Morgan fingerprint density at radius 1 is 1.16 bits per heavy atom. The van der Waals surface area contributed by atoms with E-state index in [0.29, 0.717) is 0 Å². The van der Waals surface area contributed by atoms with Gasteiger partial charge in [-0.15, -0.1) is 0 Å². The highest BCUT2D eigenvalue weighted by Crippen LogP contribution is 2.73. The zero-order valence-corrected chi connectivity index (χ0v) is 21.8. The molecule has 1 unspecified atom stereocenters. The fourth-order valence-electron chi connectivity index (χ4n) is 8.23. The van der Waals surface area contributed by atoms with Crippen LogP contribution in [0.1, 0.15) is 47.0 Å². The molecule has 0 aromatic carbocycles. The van der Waals surface area contributed by atoms with E-state index in [4.69, 9.17) is 18.9 Å². The van der Waals surface area contributed by atoms with Crippen molar-refractivity contribution in [1.29, 1.82) is 0 Å². The Labute approximate surface area is 217 Å². The molecule has 2 aliphatic heterocycles. The number of carbonyl (C=O) groups is 3. The molecular weight excluding hydrogens is 510 g/mol. The summed E-state index contributed by atoms with van der Waals surface area (Å²) in [6.07, 6.45) is -1.22. The third-order valence-electron chi connectivity index (χ3n) is 9.73. The standard InChI is InChI=1S/C26H30F2O8S/c1-22(2)35-18-9-13-14-8-16(27)15-7-12(29)5-6-23(15,3)25(14,28)17(30)10-24(13,4)26(18,36-22)20(31)37-19-11-33-21(32)34-19/h5-7,13-14,16-19,30H,8-11H2,1-4H3/t13-,14-,16-,17-,18+,19?,23-,24-,25-,26-/m0/s1. The van der Waals surface area contributed by atoms with Gasteiger partial charge in [0.2, 0.25) is 5.12 Å². The maximum Gasteiger partial charge on any atom is 0.509 e. The van der Waals surface area contributed by atoms with Crippen LogP contribution in [0.2, 0.25) is 0 Å². The molecule has 10 atom stereocenters. The first kappa shape index (κ1) is 25.5. The summed E-state index contributed by atoms with van der Waals surface area (Å²) in [7, 11) is 0. The van der Waals surface area contributed by atoms with Gasteiger partial charge in [0.15, 0.2) is 28.3 Å². The van der Waals surface area contributed by atoms with Crippen LogP contribution >= 0.6 is 11.8 Å². The molecule has 202 valence electrons. The predicted molar refractivity (Wildman–Crippen MR) is 126 cm³/mol. The van der Waals surface area contributed by atoms with Gasteiger partial charge >= 0.3 is 6.16 Å². The molecule has 0 amide bonds. The smallest absolute Gasteiger partial charge is 0.429 e. The summed E-state index contributed by atoms with van der Waals surface area (Å²) in [5.41, 5.74) is -7.35. The Bertz CT molecular complexity index is 1160. The van der Waals surface area contributed by atoms with E-state index in [0.717, 1.165) is 17.8 Å². The van der Waals surface area contributed by atoms with Gasteiger partial charge in [-0.3, -0.25) is 9.59 Å². The minimum atomic E-state index is -2.27. The maximum absolute atomic E-state index is 17.4.